The molecule has 0 aliphatic heterocycles. The Labute approximate surface area is 73.2 Å². The molecule has 0 bridgehead atoms. The summed E-state index contributed by atoms with van der Waals surface area (Å²) in [4.78, 5) is 0. The summed E-state index contributed by atoms with van der Waals surface area (Å²) in [7, 11) is 1.27. The molecular weight excluding hydrogens is 151 g/mol. The van der Waals surface area contributed by atoms with Gasteiger partial charge in [-0.15, -0.1) is 8.20 Å². The van der Waals surface area contributed by atoms with E-state index in [0.29, 0.717) is 10.6 Å². The number of hydrogen-bond donors (Lipinski definition) is 0. The van der Waals surface area contributed by atoms with E-state index in [1.54, 1.807) is 0 Å². The maximum Gasteiger partial charge on any atom is 0.00601 e. The minimum Gasteiger partial charge on any atom is -0.106 e. The molecule has 0 radical (unpaired) electrons. The summed E-state index contributed by atoms with van der Waals surface area (Å²) in [5.41, 5.74) is 0.474. The third kappa shape index (κ3) is 6.56. The first kappa shape index (κ1) is 11.2. The molecule has 0 spiro atoms. The highest BCUT2D eigenvalue weighted by Crippen LogP contribution is 2.32. The largest absolute Gasteiger partial charge is 0.106 e. The quantitative estimate of drug-likeness (QED) is 0.565. The molecule has 0 amide bonds. The normalized spacial score (nSPS) is 13.9. The fourth-order valence-corrected chi connectivity index (χ4v) is 1.03. The summed E-state index contributed by atoms with van der Waals surface area (Å²) >= 11 is 0. The standard InChI is InChI=1S/C10H21P/c1-9(2,3)7-8-10(4,5)11-6/h6-8H2,1-5H3. The molecule has 0 aliphatic carbocycles. The van der Waals surface area contributed by atoms with Crippen molar-refractivity contribution in [1.82, 2.24) is 0 Å². The van der Waals surface area contributed by atoms with E-state index < -0.39 is 0 Å². The van der Waals surface area contributed by atoms with Crippen LogP contribution in [0, 0.1) is 5.41 Å². The molecule has 0 aromatic carbocycles. The summed E-state index contributed by atoms with van der Waals surface area (Å²) in [5.74, 6) is 0. The zero-order valence-corrected chi connectivity index (χ0v) is 9.46. The third-order valence-corrected chi connectivity index (χ3v) is 2.99. The van der Waals surface area contributed by atoms with Crippen molar-refractivity contribution in [3.05, 3.63) is 0 Å². The van der Waals surface area contributed by atoms with Crippen LogP contribution >= 0.6 is 8.20 Å². The van der Waals surface area contributed by atoms with Gasteiger partial charge in [-0.1, -0.05) is 40.9 Å². The first-order chi connectivity index (χ1) is 4.77. The Kier molecular flexibility index (Phi) is 3.77. The molecular formula is C10H21P. The summed E-state index contributed by atoms with van der Waals surface area (Å²) in [5, 5.41) is 0.410. The first-order valence-corrected chi connectivity index (χ1v) is 5.33. The monoisotopic (exact) mass is 172 g/mol. The van der Waals surface area contributed by atoms with Crippen molar-refractivity contribution in [2.24, 2.45) is 5.41 Å². The van der Waals surface area contributed by atoms with E-state index in [-0.39, 0.29) is 0 Å². The Balaban J connectivity index is 3.79. The van der Waals surface area contributed by atoms with Crippen molar-refractivity contribution in [2.75, 3.05) is 0 Å². The van der Waals surface area contributed by atoms with Gasteiger partial charge in [0.15, 0.2) is 0 Å². The molecule has 66 valence electrons. The molecule has 0 aromatic rings. The van der Waals surface area contributed by atoms with Crippen LogP contribution in [0.4, 0.5) is 0 Å². The molecule has 0 nitrogen and oxygen atoms in total. The van der Waals surface area contributed by atoms with Crippen LogP contribution in [0.2, 0.25) is 0 Å². The van der Waals surface area contributed by atoms with Gasteiger partial charge >= 0.3 is 0 Å². The lowest BCUT2D eigenvalue weighted by atomic mass is 9.87. The van der Waals surface area contributed by atoms with Crippen LogP contribution in [0.15, 0.2) is 0 Å². The van der Waals surface area contributed by atoms with Crippen molar-refractivity contribution in [3.63, 3.8) is 0 Å². The molecule has 0 N–H and O–H groups in total. The average molecular weight is 172 g/mol. The van der Waals surface area contributed by atoms with Crippen LogP contribution in [0.3, 0.4) is 0 Å². The van der Waals surface area contributed by atoms with Crippen LogP contribution in [-0.2, 0) is 0 Å². The Morgan fingerprint density at radius 1 is 1.00 bits per heavy atom. The smallest absolute Gasteiger partial charge is 0.00601 e. The minimum atomic E-state index is 0.410. The molecule has 0 atom stereocenters. The van der Waals surface area contributed by atoms with Gasteiger partial charge < -0.3 is 0 Å². The maximum absolute atomic E-state index is 3.93. The van der Waals surface area contributed by atoms with Crippen LogP contribution in [-0.4, -0.2) is 11.5 Å². The second-order valence-corrected chi connectivity index (χ2v) is 6.56. The summed E-state index contributed by atoms with van der Waals surface area (Å²) in [6.45, 7) is 11.5. The van der Waals surface area contributed by atoms with Crippen molar-refractivity contribution in [2.45, 2.75) is 52.6 Å². The van der Waals surface area contributed by atoms with Gasteiger partial charge in [0.1, 0.15) is 0 Å². The summed E-state index contributed by atoms with van der Waals surface area (Å²) < 4.78 is 0. The predicted octanol–water partition coefficient (Wildman–Crippen LogP) is 3.97. The minimum absolute atomic E-state index is 0.410. The zero-order chi connectivity index (χ0) is 9.12. The molecule has 0 aromatic heterocycles. The van der Waals surface area contributed by atoms with Gasteiger partial charge in [0, 0.05) is 5.16 Å². The molecule has 1 heteroatoms. The second kappa shape index (κ2) is 3.72. The Bertz CT molecular complexity index is 128. The number of hydrogen-bond acceptors (Lipinski definition) is 0. The van der Waals surface area contributed by atoms with E-state index in [4.69, 9.17) is 0 Å². The Morgan fingerprint density at radius 2 is 1.45 bits per heavy atom. The van der Waals surface area contributed by atoms with Crippen LogP contribution in [0.1, 0.15) is 47.5 Å². The molecule has 0 saturated heterocycles. The third-order valence-electron chi connectivity index (χ3n) is 1.91. The highest BCUT2D eigenvalue weighted by atomic mass is 31.1. The van der Waals surface area contributed by atoms with Crippen molar-refractivity contribution in [1.29, 1.82) is 0 Å². The molecule has 0 rings (SSSR count). The fraction of sp³-hybridized carbons (Fsp3) is 0.900. The van der Waals surface area contributed by atoms with Gasteiger partial charge in [-0.3, -0.25) is 0 Å². The van der Waals surface area contributed by atoms with Gasteiger partial charge in [-0.25, -0.2) is 0 Å². The fourth-order valence-electron chi connectivity index (χ4n) is 0.760. The van der Waals surface area contributed by atoms with Crippen molar-refractivity contribution >= 4 is 14.5 Å². The summed E-state index contributed by atoms with van der Waals surface area (Å²) in [6.07, 6.45) is 6.50. The maximum atomic E-state index is 3.93. The zero-order valence-electron chi connectivity index (χ0n) is 8.57. The topological polar surface area (TPSA) is 0 Å². The van der Waals surface area contributed by atoms with Gasteiger partial charge in [0.25, 0.3) is 0 Å². The molecule has 0 fully saturated rings. The van der Waals surface area contributed by atoms with Crippen LogP contribution in [0.25, 0.3) is 0 Å². The van der Waals surface area contributed by atoms with E-state index >= 15 is 0 Å². The van der Waals surface area contributed by atoms with Crippen molar-refractivity contribution < 1.29 is 0 Å². The number of rotatable bonds is 3. The highest BCUT2D eigenvalue weighted by Gasteiger charge is 2.18. The van der Waals surface area contributed by atoms with E-state index in [1.807, 2.05) is 0 Å². The lowest BCUT2D eigenvalue weighted by Crippen LogP contribution is -2.15. The van der Waals surface area contributed by atoms with Gasteiger partial charge in [0.2, 0.25) is 0 Å². The Morgan fingerprint density at radius 3 is 1.73 bits per heavy atom. The van der Waals surface area contributed by atoms with Gasteiger partial charge in [-0.05, 0) is 18.3 Å². The van der Waals surface area contributed by atoms with E-state index in [9.17, 15) is 0 Å². The van der Waals surface area contributed by atoms with Crippen LogP contribution < -0.4 is 0 Å². The van der Waals surface area contributed by atoms with E-state index in [2.05, 4.69) is 40.9 Å². The Hall–Kier alpha value is 0.170. The van der Waals surface area contributed by atoms with E-state index in [1.165, 1.54) is 21.0 Å². The predicted molar refractivity (Wildman–Crippen MR) is 56.8 cm³/mol. The first-order valence-electron chi connectivity index (χ1n) is 4.25. The molecule has 11 heavy (non-hydrogen) atoms. The average Bonchev–Trinajstić information content (AvgIpc) is 1.83. The highest BCUT2D eigenvalue weighted by molar-refractivity contribution is 7.38. The molecule has 0 heterocycles. The lowest BCUT2D eigenvalue weighted by molar-refractivity contribution is 0.347. The van der Waals surface area contributed by atoms with E-state index in [0.717, 1.165) is 0 Å². The summed E-state index contributed by atoms with van der Waals surface area (Å²) in [6, 6.07) is 0. The molecule has 0 unspecified atom stereocenters. The van der Waals surface area contributed by atoms with Crippen LogP contribution in [0.5, 0.6) is 0 Å². The van der Waals surface area contributed by atoms with Gasteiger partial charge in [0.05, 0.1) is 0 Å². The molecule has 0 saturated carbocycles. The van der Waals surface area contributed by atoms with Gasteiger partial charge in [-0.2, -0.15) is 0 Å². The SMILES string of the molecule is C=PC(C)(C)CCC(C)(C)C. The molecule has 0 aliphatic rings. The lowest BCUT2D eigenvalue weighted by Gasteiger charge is -2.25. The van der Waals surface area contributed by atoms with Crippen molar-refractivity contribution in [3.8, 4) is 0 Å². The second-order valence-electron chi connectivity index (χ2n) is 5.03.